The van der Waals surface area contributed by atoms with Crippen LogP contribution in [0.15, 0.2) is 32.1 Å². The third-order valence-corrected chi connectivity index (χ3v) is 4.00. The molecule has 0 aliphatic heterocycles. The normalized spacial score (nSPS) is 11.6. The topological polar surface area (TPSA) is 62.5 Å². The fourth-order valence-corrected chi connectivity index (χ4v) is 2.44. The Morgan fingerprint density at radius 1 is 1.35 bits per heavy atom. The Kier molecular flexibility index (Phi) is 6.15. The third-order valence-electron chi connectivity index (χ3n) is 3.39. The van der Waals surface area contributed by atoms with Gasteiger partial charge in [0.2, 0.25) is 5.89 Å². The molecule has 0 amide bonds. The minimum Gasteiger partial charge on any atom is -0.444 e. The van der Waals surface area contributed by atoms with E-state index in [1.807, 2.05) is 13.8 Å². The van der Waals surface area contributed by atoms with E-state index in [1.54, 1.807) is 19.2 Å². The first-order valence-electron chi connectivity index (χ1n) is 7.31. The fraction of sp³-hybridized carbons (Fsp3) is 0.375. The van der Waals surface area contributed by atoms with E-state index in [1.165, 1.54) is 6.07 Å². The summed E-state index contributed by atoms with van der Waals surface area (Å²) < 4.78 is 19.2. The lowest BCUT2D eigenvalue weighted by Crippen LogP contribution is -2.37. The molecule has 0 saturated carbocycles. The molecule has 0 radical (unpaired) electrons. The van der Waals surface area contributed by atoms with Gasteiger partial charge in [0, 0.05) is 13.6 Å². The fourth-order valence-electron chi connectivity index (χ4n) is 2.02. The Morgan fingerprint density at radius 3 is 2.74 bits per heavy atom. The summed E-state index contributed by atoms with van der Waals surface area (Å²) in [6.45, 7) is 4.95. The number of aryl methyl sites for hydroxylation is 2. The summed E-state index contributed by atoms with van der Waals surface area (Å²) in [5.74, 6) is 1.87. The van der Waals surface area contributed by atoms with Crippen molar-refractivity contribution in [2.24, 2.45) is 4.99 Å². The van der Waals surface area contributed by atoms with Crippen molar-refractivity contribution < 1.29 is 8.81 Å². The van der Waals surface area contributed by atoms with Crippen molar-refractivity contribution >= 4 is 21.9 Å². The SMILES string of the molecule is CN=C(NCCc1ccc(F)c(Br)c1)NCc1nc(C)c(C)o1. The molecule has 0 bridgehead atoms. The summed E-state index contributed by atoms with van der Waals surface area (Å²) in [6, 6.07) is 5.02. The number of nitrogens with zero attached hydrogens (tertiary/aromatic N) is 2. The highest BCUT2D eigenvalue weighted by atomic mass is 79.9. The second-order valence-electron chi connectivity index (χ2n) is 5.10. The van der Waals surface area contributed by atoms with E-state index >= 15 is 0 Å². The number of guanidine groups is 1. The van der Waals surface area contributed by atoms with Gasteiger partial charge in [-0.25, -0.2) is 9.37 Å². The number of halogens is 2. The quantitative estimate of drug-likeness (QED) is 0.615. The first-order chi connectivity index (χ1) is 11.0. The van der Waals surface area contributed by atoms with E-state index < -0.39 is 0 Å². The molecule has 124 valence electrons. The van der Waals surface area contributed by atoms with Crippen LogP contribution >= 0.6 is 15.9 Å². The predicted molar refractivity (Wildman–Crippen MR) is 92.0 cm³/mol. The van der Waals surface area contributed by atoms with Crippen molar-refractivity contribution in [2.75, 3.05) is 13.6 Å². The Bertz CT molecular complexity index is 680. The van der Waals surface area contributed by atoms with Gasteiger partial charge in [-0.05, 0) is 53.9 Å². The molecule has 5 nitrogen and oxygen atoms in total. The molecule has 23 heavy (non-hydrogen) atoms. The predicted octanol–water partition coefficient (Wildman–Crippen LogP) is 3.10. The summed E-state index contributed by atoms with van der Waals surface area (Å²) in [4.78, 5) is 8.46. The first kappa shape index (κ1) is 17.5. The third kappa shape index (κ3) is 5.06. The van der Waals surface area contributed by atoms with Crippen molar-refractivity contribution in [3.05, 3.63) is 51.4 Å². The largest absolute Gasteiger partial charge is 0.444 e. The molecule has 7 heteroatoms. The van der Waals surface area contributed by atoms with E-state index in [4.69, 9.17) is 4.42 Å². The van der Waals surface area contributed by atoms with Crippen LogP contribution in [0, 0.1) is 19.7 Å². The van der Waals surface area contributed by atoms with Gasteiger partial charge in [-0.3, -0.25) is 4.99 Å². The molecule has 0 spiro atoms. The molecule has 0 aliphatic rings. The van der Waals surface area contributed by atoms with Crippen LogP contribution in [-0.4, -0.2) is 24.5 Å². The number of benzene rings is 1. The Balaban J connectivity index is 1.79. The van der Waals surface area contributed by atoms with Crippen molar-refractivity contribution in [1.29, 1.82) is 0 Å². The number of aromatic nitrogens is 1. The molecule has 0 saturated heterocycles. The van der Waals surface area contributed by atoms with Crippen LogP contribution in [0.2, 0.25) is 0 Å². The molecule has 1 aromatic heterocycles. The van der Waals surface area contributed by atoms with Gasteiger partial charge in [0.15, 0.2) is 5.96 Å². The van der Waals surface area contributed by atoms with Gasteiger partial charge in [0.1, 0.15) is 11.6 Å². The van der Waals surface area contributed by atoms with Crippen LogP contribution in [-0.2, 0) is 13.0 Å². The van der Waals surface area contributed by atoms with Crippen LogP contribution in [0.5, 0.6) is 0 Å². The summed E-state index contributed by atoms with van der Waals surface area (Å²) in [5, 5.41) is 6.35. The highest BCUT2D eigenvalue weighted by Gasteiger charge is 2.06. The van der Waals surface area contributed by atoms with E-state index in [2.05, 4.69) is 36.5 Å². The molecular formula is C16H20BrFN4O. The number of oxazole rings is 1. The second kappa shape index (κ2) is 8.10. The van der Waals surface area contributed by atoms with Gasteiger partial charge >= 0.3 is 0 Å². The zero-order chi connectivity index (χ0) is 16.8. The number of hydrogen-bond acceptors (Lipinski definition) is 3. The lowest BCUT2D eigenvalue weighted by Gasteiger charge is -2.10. The summed E-state index contributed by atoms with van der Waals surface area (Å²) >= 11 is 3.19. The van der Waals surface area contributed by atoms with Gasteiger partial charge in [-0.15, -0.1) is 0 Å². The number of hydrogen-bond donors (Lipinski definition) is 2. The maximum absolute atomic E-state index is 13.2. The van der Waals surface area contributed by atoms with Crippen LogP contribution in [0.4, 0.5) is 4.39 Å². The van der Waals surface area contributed by atoms with Crippen molar-refractivity contribution in [2.45, 2.75) is 26.8 Å². The van der Waals surface area contributed by atoms with Crippen LogP contribution in [0.3, 0.4) is 0 Å². The molecule has 2 N–H and O–H groups in total. The zero-order valence-electron chi connectivity index (χ0n) is 13.4. The summed E-state index contributed by atoms with van der Waals surface area (Å²) in [6.07, 6.45) is 0.761. The monoisotopic (exact) mass is 382 g/mol. The molecule has 2 rings (SSSR count). The van der Waals surface area contributed by atoms with E-state index in [0.717, 1.165) is 23.4 Å². The minimum absolute atomic E-state index is 0.254. The Morgan fingerprint density at radius 2 is 2.13 bits per heavy atom. The highest BCUT2D eigenvalue weighted by Crippen LogP contribution is 2.16. The molecule has 0 aliphatic carbocycles. The lowest BCUT2D eigenvalue weighted by molar-refractivity contribution is 0.464. The van der Waals surface area contributed by atoms with Crippen molar-refractivity contribution in [3.8, 4) is 0 Å². The molecule has 0 atom stereocenters. The average molecular weight is 383 g/mol. The molecule has 1 heterocycles. The maximum atomic E-state index is 13.2. The van der Waals surface area contributed by atoms with Crippen LogP contribution < -0.4 is 10.6 Å². The van der Waals surface area contributed by atoms with Gasteiger partial charge in [0.05, 0.1) is 16.7 Å². The van der Waals surface area contributed by atoms with Gasteiger partial charge in [-0.1, -0.05) is 6.07 Å². The highest BCUT2D eigenvalue weighted by molar-refractivity contribution is 9.10. The zero-order valence-corrected chi connectivity index (χ0v) is 15.0. The van der Waals surface area contributed by atoms with Crippen LogP contribution in [0.25, 0.3) is 0 Å². The summed E-state index contributed by atoms with van der Waals surface area (Å²) in [5.41, 5.74) is 1.94. The first-order valence-corrected chi connectivity index (χ1v) is 8.10. The van der Waals surface area contributed by atoms with Gasteiger partial charge in [0.25, 0.3) is 0 Å². The van der Waals surface area contributed by atoms with E-state index in [-0.39, 0.29) is 5.82 Å². The maximum Gasteiger partial charge on any atom is 0.214 e. The van der Waals surface area contributed by atoms with Crippen LogP contribution in [0.1, 0.15) is 22.9 Å². The molecular weight excluding hydrogens is 363 g/mol. The molecule has 2 aromatic rings. The molecule has 1 aromatic carbocycles. The van der Waals surface area contributed by atoms with Crippen molar-refractivity contribution in [3.63, 3.8) is 0 Å². The van der Waals surface area contributed by atoms with E-state index in [0.29, 0.717) is 29.4 Å². The summed E-state index contributed by atoms with van der Waals surface area (Å²) in [7, 11) is 1.70. The standard InChI is InChI=1S/C16H20BrFN4O/c1-10-11(2)23-15(22-10)9-21-16(19-3)20-7-6-12-4-5-14(18)13(17)8-12/h4-5,8H,6-7,9H2,1-3H3,(H2,19,20,21). The minimum atomic E-state index is -0.254. The number of aliphatic imine (C=N–C) groups is 1. The molecule has 0 unspecified atom stereocenters. The molecule has 0 fully saturated rings. The number of rotatable bonds is 5. The van der Waals surface area contributed by atoms with Gasteiger partial charge < -0.3 is 15.1 Å². The Hall–Kier alpha value is -1.89. The second-order valence-corrected chi connectivity index (χ2v) is 5.95. The lowest BCUT2D eigenvalue weighted by atomic mass is 10.1. The Labute approximate surface area is 143 Å². The van der Waals surface area contributed by atoms with E-state index in [9.17, 15) is 4.39 Å². The van der Waals surface area contributed by atoms with Crippen molar-refractivity contribution in [1.82, 2.24) is 15.6 Å². The smallest absolute Gasteiger partial charge is 0.214 e. The number of nitrogens with one attached hydrogen (secondary N) is 2. The van der Waals surface area contributed by atoms with Gasteiger partial charge in [-0.2, -0.15) is 0 Å². The average Bonchev–Trinajstić information content (AvgIpc) is 2.85.